The van der Waals surface area contributed by atoms with E-state index in [1.54, 1.807) is 42.5 Å². The molecule has 0 aliphatic carbocycles. The van der Waals surface area contributed by atoms with Gasteiger partial charge in [0.25, 0.3) is 12.0 Å². The van der Waals surface area contributed by atoms with Crippen molar-refractivity contribution in [3.8, 4) is 5.75 Å². The first kappa shape index (κ1) is 27.9. The summed E-state index contributed by atoms with van der Waals surface area (Å²) in [5, 5.41) is 23.7. The van der Waals surface area contributed by atoms with Crippen molar-refractivity contribution in [2.24, 2.45) is 0 Å². The van der Waals surface area contributed by atoms with Gasteiger partial charge in [-0.25, -0.2) is 9.59 Å². The molecule has 0 fully saturated rings. The first-order valence-corrected chi connectivity index (χ1v) is 12.2. The number of aryl methyl sites for hydroxylation is 1. The highest BCUT2D eigenvalue weighted by atomic mass is 16.5. The molecule has 0 aromatic heterocycles. The third kappa shape index (κ3) is 8.77. The first-order chi connectivity index (χ1) is 18.3. The summed E-state index contributed by atoms with van der Waals surface area (Å²) in [5.41, 5.74) is 2.32. The molecule has 4 N–H and O–H groups in total. The molecule has 0 saturated heterocycles. The number of ether oxygens (including phenoxy) is 1. The Labute approximate surface area is 220 Å². The second-order valence-corrected chi connectivity index (χ2v) is 8.65. The summed E-state index contributed by atoms with van der Waals surface area (Å²) in [5.74, 6) is -3.90. The van der Waals surface area contributed by atoms with Crippen molar-refractivity contribution >= 4 is 23.8 Å². The lowest BCUT2D eigenvalue weighted by Gasteiger charge is -2.19. The molecule has 9 nitrogen and oxygen atoms in total. The Morgan fingerprint density at radius 1 is 0.737 bits per heavy atom. The first-order valence-electron chi connectivity index (χ1n) is 12.2. The molecule has 2 amide bonds. The third-order valence-corrected chi connectivity index (χ3v) is 5.76. The van der Waals surface area contributed by atoms with Gasteiger partial charge in [-0.05, 0) is 54.7 Å². The highest BCUT2D eigenvalue weighted by Gasteiger charge is 2.28. The molecule has 3 rings (SSSR count). The Bertz CT molecular complexity index is 1200. The fourth-order valence-electron chi connectivity index (χ4n) is 3.76. The van der Waals surface area contributed by atoms with Gasteiger partial charge in [-0.1, -0.05) is 60.7 Å². The monoisotopic (exact) mass is 518 g/mol. The maximum Gasteiger partial charge on any atom is 0.356 e. The van der Waals surface area contributed by atoms with Gasteiger partial charge in [0, 0.05) is 18.5 Å². The summed E-state index contributed by atoms with van der Waals surface area (Å²) in [7, 11) is 0. The summed E-state index contributed by atoms with van der Waals surface area (Å²) in [6.07, 6.45) is 0.715. The van der Waals surface area contributed by atoms with Gasteiger partial charge in [-0.3, -0.25) is 9.59 Å². The van der Waals surface area contributed by atoms with Gasteiger partial charge in [0.05, 0.1) is 0 Å². The van der Waals surface area contributed by atoms with Crippen LogP contribution in [-0.2, 0) is 27.2 Å². The van der Waals surface area contributed by atoms with Crippen molar-refractivity contribution in [3.05, 3.63) is 102 Å². The molecule has 0 aliphatic rings. The van der Waals surface area contributed by atoms with E-state index in [4.69, 9.17) is 14.9 Å². The van der Waals surface area contributed by atoms with Gasteiger partial charge in [0.2, 0.25) is 5.91 Å². The van der Waals surface area contributed by atoms with E-state index in [1.165, 1.54) is 17.7 Å². The van der Waals surface area contributed by atoms with E-state index in [2.05, 4.69) is 22.8 Å². The van der Waals surface area contributed by atoms with Crippen LogP contribution in [-0.4, -0.2) is 52.7 Å². The van der Waals surface area contributed by atoms with Crippen LogP contribution in [0.25, 0.3) is 0 Å². The summed E-state index contributed by atoms with van der Waals surface area (Å²) < 4.78 is 5.03. The van der Waals surface area contributed by atoms with Crippen molar-refractivity contribution < 1.29 is 34.1 Å². The van der Waals surface area contributed by atoms with Crippen molar-refractivity contribution in [2.45, 2.75) is 37.8 Å². The second-order valence-electron chi connectivity index (χ2n) is 8.65. The zero-order chi connectivity index (χ0) is 27.3. The Kier molecular flexibility index (Phi) is 10.4. The number of carboxylic acids is 2. The summed E-state index contributed by atoms with van der Waals surface area (Å²) >= 11 is 0. The van der Waals surface area contributed by atoms with E-state index in [9.17, 15) is 19.2 Å². The molecular weight excluding hydrogens is 488 g/mol. The minimum Gasteiger partial charge on any atom is -0.478 e. The smallest absolute Gasteiger partial charge is 0.356 e. The third-order valence-electron chi connectivity index (χ3n) is 5.76. The van der Waals surface area contributed by atoms with Gasteiger partial charge in [0.1, 0.15) is 11.8 Å². The number of hydrogen-bond acceptors (Lipinski definition) is 5. The van der Waals surface area contributed by atoms with Gasteiger partial charge in [0.15, 0.2) is 0 Å². The molecular formula is C29H30N2O7. The number of carboxylic acid groups (broad SMARTS) is 2. The maximum atomic E-state index is 13.0. The predicted molar refractivity (Wildman–Crippen MR) is 140 cm³/mol. The van der Waals surface area contributed by atoms with E-state index in [0.717, 1.165) is 19.3 Å². The Hall–Kier alpha value is -4.66. The molecule has 1 atom stereocenters. The molecule has 3 aromatic carbocycles. The largest absolute Gasteiger partial charge is 0.478 e. The lowest BCUT2D eigenvalue weighted by atomic mass is 10.0. The number of nitrogens with one attached hydrogen (secondary N) is 2. The van der Waals surface area contributed by atoms with E-state index >= 15 is 0 Å². The standard InChI is InChI=1S/C29H30N2O7/c32-26(22-12-5-2-6-13-22)31-24(27(33)30-18-8-7-11-20-9-3-1-4-10-20)19-21-14-16-23(17-15-21)38-25(28(34)35)29(36)37/h1-6,9-10,12-17,24-25H,7-8,11,18-19H2,(H,30,33)(H,31,32)(H,34,35)(H,36,37)/t24-/m0/s1. The van der Waals surface area contributed by atoms with Crippen molar-refractivity contribution in [1.82, 2.24) is 10.6 Å². The molecule has 38 heavy (non-hydrogen) atoms. The number of hydrogen-bond donors (Lipinski definition) is 4. The van der Waals surface area contributed by atoms with Gasteiger partial charge >= 0.3 is 11.9 Å². The maximum absolute atomic E-state index is 13.0. The zero-order valence-electron chi connectivity index (χ0n) is 20.7. The number of benzene rings is 3. The molecule has 9 heteroatoms. The second kappa shape index (κ2) is 14.2. The van der Waals surface area contributed by atoms with Crippen molar-refractivity contribution in [3.63, 3.8) is 0 Å². The van der Waals surface area contributed by atoms with Crippen LogP contribution < -0.4 is 15.4 Å². The molecule has 0 aliphatic heterocycles. The number of rotatable bonds is 14. The van der Waals surface area contributed by atoms with Crippen LogP contribution in [0.4, 0.5) is 0 Å². The molecule has 0 unspecified atom stereocenters. The van der Waals surface area contributed by atoms with Crippen LogP contribution in [0.5, 0.6) is 5.75 Å². The van der Waals surface area contributed by atoms with Crippen LogP contribution in [0.2, 0.25) is 0 Å². The van der Waals surface area contributed by atoms with E-state index in [0.29, 0.717) is 17.7 Å². The molecule has 3 aromatic rings. The highest BCUT2D eigenvalue weighted by molar-refractivity contribution is 5.97. The molecule has 0 heterocycles. The Morgan fingerprint density at radius 2 is 1.34 bits per heavy atom. The minimum atomic E-state index is -2.04. The molecule has 0 radical (unpaired) electrons. The van der Waals surface area contributed by atoms with Crippen LogP contribution in [0.1, 0.15) is 34.3 Å². The zero-order valence-corrected chi connectivity index (χ0v) is 20.7. The fourth-order valence-corrected chi connectivity index (χ4v) is 3.76. The van der Waals surface area contributed by atoms with Crippen molar-refractivity contribution in [2.75, 3.05) is 6.54 Å². The topological polar surface area (TPSA) is 142 Å². The molecule has 198 valence electrons. The fraction of sp³-hybridized carbons (Fsp3) is 0.241. The van der Waals surface area contributed by atoms with Crippen LogP contribution in [0.3, 0.4) is 0 Å². The number of amides is 2. The lowest BCUT2D eigenvalue weighted by molar-refractivity contribution is -0.159. The van der Waals surface area contributed by atoms with Gasteiger partial charge in [-0.2, -0.15) is 0 Å². The van der Waals surface area contributed by atoms with Crippen LogP contribution in [0.15, 0.2) is 84.9 Å². The number of unbranched alkanes of at least 4 members (excludes halogenated alkanes) is 1. The van der Waals surface area contributed by atoms with Gasteiger partial charge in [-0.15, -0.1) is 0 Å². The lowest BCUT2D eigenvalue weighted by Crippen LogP contribution is -2.48. The average molecular weight is 519 g/mol. The summed E-state index contributed by atoms with van der Waals surface area (Å²) in [6, 6.07) is 23.8. The van der Waals surface area contributed by atoms with E-state index < -0.39 is 24.1 Å². The molecule has 0 saturated carbocycles. The number of carbonyl (C=O) groups is 4. The normalized spacial score (nSPS) is 11.4. The summed E-state index contributed by atoms with van der Waals surface area (Å²) in [4.78, 5) is 47.9. The predicted octanol–water partition coefficient (Wildman–Crippen LogP) is 3.08. The quantitative estimate of drug-likeness (QED) is 0.190. The Balaban J connectivity index is 1.62. The SMILES string of the molecule is O=C(N[C@@H](Cc1ccc(OC(C(=O)O)C(=O)O)cc1)C(=O)NCCCCc1ccccc1)c1ccccc1. The molecule has 0 bridgehead atoms. The highest BCUT2D eigenvalue weighted by Crippen LogP contribution is 2.16. The molecule has 0 spiro atoms. The average Bonchev–Trinajstić information content (AvgIpc) is 2.92. The van der Waals surface area contributed by atoms with E-state index in [1.807, 2.05) is 18.2 Å². The number of aliphatic carboxylic acids is 2. The number of carbonyl (C=O) groups excluding carboxylic acids is 2. The minimum absolute atomic E-state index is 0.0521. The van der Waals surface area contributed by atoms with Crippen molar-refractivity contribution in [1.29, 1.82) is 0 Å². The Morgan fingerprint density at radius 3 is 1.95 bits per heavy atom. The van der Waals surface area contributed by atoms with Gasteiger partial charge < -0.3 is 25.6 Å². The van der Waals surface area contributed by atoms with Crippen LogP contribution in [0, 0.1) is 0 Å². The van der Waals surface area contributed by atoms with E-state index in [-0.39, 0.29) is 24.0 Å². The summed E-state index contributed by atoms with van der Waals surface area (Å²) in [6.45, 7) is 0.460. The van der Waals surface area contributed by atoms with Crippen LogP contribution >= 0.6 is 0 Å².